The molecule has 1 N–H and O–H groups in total. The lowest BCUT2D eigenvalue weighted by Gasteiger charge is -2.17. The normalized spacial score (nSPS) is 11.6. The van der Waals surface area contributed by atoms with Crippen molar-refractivity contribution in [3.05, 3.63) is 51.6 Å². The summed E-state index contributed by atoms with van der Waals surface area (Å²) in [5, 5.41) is 2.89. The summed E-state index contributed by atoms with van der Waals surface area (Å²) in [5.74, 6) is 0.954. The molecule has 0 radical (unpaired) electrons. The molecule has 0 aliphatic carbocycles. The first-order valence-corrected chi connectivity index (χ1v) is 7.96. The first-order valence-electron chi connectivity index (χ1n) is 6.88. The van der Waals surface area contributed by atoms with Gasteiger partial charge in [0.2, 0.25) is 0 Å². The summed E-state index contributed by atoms with van der Waals surface area (Å²) in [4.78, 5) is 12.3. The molecule has 0 saturated heterocycles. The molecule has 1 atom stereocenters. The third kappa shape index (κ3) is 4.13. The van der Waals surface area contributed by atoms with E-state index in [9.17, 15) is 4.79 Å². The van der Waals surface area contributed by atoms with E-state index >= 15 is 0 Å². The lowest BCUT2D eigenvalue weighted by Crippen LogP contribution is -2.30. The second-order valence-corrected chi connectivity index (χ2v) is 6.11. The maximum absolute atomic E-state index is 12.3. The minimum atomic E-state index is -0.630. The van der Waals surface area contributed by atoms with Gasteiger partial charge in [0.1, 0.15) is 0 Å². The summed E-state index contributed by atoms with van der Waals surface area (Å²) in [6, 6.07) is 13.1. The first kappa shape index (κ1) is 16.6. The van der Waals surface area contributed by atoms with Crippen molar-refractivity contribution >= 4 is 34.2 Å². The first-order chi connectivity index (χ1) is 10.5. The molecule has 0 fully saturated rings. The van der Waals surface area contributed by atoms with Crippen molar-refractivity contribution in [2.75, 3.05) is 12.4 Å². The van der Waals surface area contributed by atoms with Crippen LogP contribution in [0.15, 0.2) is 42.5 Å². The Morgan fingerprint density at radius 3 is 2.50 bits per heavy atom. The van der Waals surface area contributed by atoms with Crippen LogP contribution in [-0.2, 0) is 4.79 Å². The molecule has 2 aromatic carbocycles. The fourth-order valence-corrected chi connectivity index (χ4v) is 2.61. The number of ether oxygens (including phenoxy) is 2. The van der Waals surface area contributed by atoms with Gasteiger partial charge in [-0.3, -0.25) is 4.79 Å². The molecule has 0 aromatic heterocycles. The molecule has 0 spiro atoms. The number of anilines is 1. The zero-order valence-electron chi connectivity index (χ0n) is 12.7. The van der Waals surface area contributed by atoms with E-state index in [0.29, 0.717) is 11.5 Å². The number of methoxy groups -OCH3 is 1. The van der Waals surface area contributed by atoms with Crippen LogP contribution in [0.25, 0.3) is 0 Å². The van der Waals surface area contributed by atoms with Gasteiger partial charge in [0.15, 0.2) is 17.6 Å². The molecule has 4 nitrogen and oxygen atoms in total. The average Bonchev–Trinajstić information content (AvgIpc) is 2.50. The van der Waals surface area contributed by atoms with Gasteiger partial charge in [0.25, 0.3) is 5.91 Å². The minimum Gasteiger partial charge on any atom is -0.493 e. The van der Waals surface area contributed by atoms with E-state index in [1.807, 2.05) is 37.3 Å². The van der Waals surface area contributed by atoms with E-state index in [4.69, 9.17) is 9.47 Å². The summed E-state index contributed by atoms with van der Waals surface area (Å²) in [6.45, 7) is 3.67. The Balaban J connectivity index is 2.06. The highest BCUT2D eigenvalue weighted by molar-refractivity contribution is 14.1. The number of hydrogen-bond donors (Lipinski definition) is 1. The van der Waals surface area contributed by atoms with E-state index in [0.717, 1.165) is 14.8 Å². The van der Waals surface area contributed by atoms with E-state index in [2.05, 4.69) is 27.9 Å². The van der Waals surface area contributed by atoms with Crippen molar-refractivity contribution in [1.82, 2.24) is 0 Å². The number of nitrogens with one attached hydrogen (secondary N) is 1. The Labute approximate surface area is 144 Å². The number of rotatable bonds is 5. The van der Waals surface area contributed by atoms with Crippen molar-refractivity contribution in [1.29, 1.82) is 0 Å². The van der Waals surface area contributed by atoms with Crippen molar-refractivity contribution in [2.24, 2.45) is 0 Å². The summed E-state index contributed by atoms with van der Waals surface area (Å²) in [5.41, 5.74) is 1.81. The summed E-state index contributed by atoms with van der Waals surface area (Å²) < 4.78 is 12.0. The van der Waals surface area contributed by atoms with Crippen LogP contribution >= 0.6 is 22.6 Å². The second-order valence-electron chi connectivity index (χ2n) is 4.86. The SMILES string of the molecule is COc1ccccc1O[C@@H](C)C(=O)Nc1ccc(I)cc1C. The highest BCUT2D eigenvalue weighted by atomic mass is 127. The van der Waals surface area contributed by atoms with Crippen LogP contribution < -0.4 is 14.8 Å². The summed E-state index contributed by atoms with van der Waals surface area (Å²) in [6.07, 6.45) is -0.630. The highest BCUT2D eigenvalue weighted by Crippen LogP contribution is 2.27. The fourth-order valence-electron chi connectivity index (χ4n) is 1.96. The zero-order chi connectivity index (χ0) is 16.1. The zero-order valence-corrected chi connectivity index (χ0v) is 14.9. The number of carbonyl (C=O) groups is 1. The molecule has 0 aliphatic heterocycles. The van der Waals surface area contributed by atoms with Gasteiger partial charge in [-0.2, -0.15) is 0 Å². The molecule has 0 unspecified atom stereocenters. The smallest absolute Gasteiger partial charge is 0.265 e. The molecule has 5 heteroatoms. The molecule has 0 saturated carbocycles. The molecule has 1 amide bonds. The number of benzene rings is 2. The van der Waals surface area contributed by atoms with Gasteiger partial charge in [-0.25, -0.2) is 0 Å². The van der Waals surface area contributed by atoms with Crippen LogP contribution in [0, 0.1) is 10.5 Å². The molecule has 2 aromatic rings. The molecule has 0 heterocycles. The predicted molar refractivity (Wildman–Crippen MR) is 95.6 cm³/mol. The summed E-state index contributed by atoms with van der Waals surface area (Å²) in [7, 11) is 1.57. The predicted octanol–water partition coefficient (Wildman–Crippen LogP) is 4.01. The lowest BCUT2D eigenvalue weighted by molar-refractivity contribution is -0.122. The van der Waals surface area contributed by atoms with E-state index in [1.54, 1.807) is 26.2 Å². The lowest BCUT2D eigenvalue weighted by atomic mass is 10.2. The molecule has 22 heavy (non-hydrogen) atoms. The highest BCUT2D eigenvalue weighted by Gasteiger charge is 2.17. The van der Waals surface area contributed by atoms with Gasteiger partial charge < -0.3 is 14.8 Å². The van der Waals surface area contributed by atoms with Crippen LogP contribution in [0.4, 0.5) is 5.69 Å². The fraction of sp³-hybridized carbons (Fsp3) is 0.235. The monoisotopic (exact) mass is 411 g/mol. The number of aryl methyl sites for hydroxylation is 1. The van der Waals surface area contributed by atoms with Crippen molar-refractivity contribution in [2.45, 2.75) is 20.0 Å². The van der Waals surface area contributed by atoms with Gasteiger partial charge in [-0.05, 0) is 72.3 Å². The number of amides is 1. The largest absolute Gasteiger partial charge is 0.493 e. The molecule has 2 rings (SSSR count). The van der Waals surface area contributed by atoms with Gasteiger partial charge in [0.05, 0.1) is 7.11 Å². The summed E-state index contributed by atoms with van der Waals surface area (Å²) >= 11 is 2.24. The Bertz CT molecular complexity index is 673. The maximum Gasteiger partial charge on any atom is 0.265 e. The second kappa shape index (κ2) is 7.49. The van der Waals surface area contributed by atoms with Gasteiger partial charge in [0, 0.05) is 9.26 Å². The van der Waals surface area contributed by atoms with Crippen LogP contribution in [0.2, 0.25) is 0 Å². The standard InChI is InChI=1S/C17H18INO3/c1-11-10-13(18)8-9-14(11)19-17(20)12(2)22-16-7-5-4-6-15(16)21-3/h4-10,12H,1-3H3,(H,19,20)/t12-/m0/s1. The number of hydrogen-bond acceptors (Lipinski definition) is 3. The van der Waals surface area contributed by atoms with Gasteiger partial charge in [-0.15, -0.1) is 0 Å². The molecular formula is C17H18INO3. The third-order valence-electron chi connectivity index (χ3n) is 3.19. The Hall–Kier alpha value is -1.76. The molecule has 0 bridgehead atoms. The van der Waals surface area contributed by atoms with E-state index in [1.165, 1.54) is 0 Å². The average molecular weight is 411 g/mol. The Morgan fingerprint density at radius 1 is 1.18 bits per heavy atom. The van der Waals surface area contributed by atoms with Crippen LogP contribution in [0.1, 0.15) is 12.5 Å². The number of para-hydroxylation sites is 2. The molecular weight excluding hydrogens is 393 g/mol. The topological polar surface area (TPSA) is 47.6 Å². The Kier molecular flexibility index (Phi) is 5.65. The van der Waals surface area contributed by atoms with Gasteiger partial charge >= 0.3 is 0 Å². The number of carbonyl (C=O) groups excluding carboxylic acids is 1. The van der Waals surface area contributed by atoms with Crippen LogP contribution in [-0.4, -0.2) is 19.1 Å². The molecule has 116 valence electrons. The minimum absolute atomic E-state index is 0.199. The molecule has 0 aliphatic rings. The van der Waals surface area contributed by atoms with Crippen LogP contribution in [0.5, 0.6) is 11.5 Å². The van der Waals surface area contributed by atoms with Crippen molar-refractivity contribution < 1.29 is 14.3 Å². The van der Waals surface area contributed by atoms with Crippen molar-refractivity contribution in [3.63, 3.8) is 0 Å². The van der Waals surface area contributed by atoms with E-state index in [-0.39, 0.29) is 5.91 Å². The quantitative estimate of drug-likeness (QED) is 0.757. The number of halogens is 1. The third-order valence-corrected chi connectivity index (χ3v) is 3.86. The van der Waals surface area contributed by atoms with E-state index < -0.39 is 6.10 Å². The van der Waals surface area contributed by atoms with Crippen LogP contribution in [0.3, 0.4) is 0 Å². The van der Waals surface area contributed by atoms with Gasteiger partial charge in [-0.1, -0.05) is 12.1 Å². The van der Waals surface area contributed by atoms with Crippen molar-refractivity contribution in [3.8, 4) is 11.5 Å². The maximum atomic E-state index is 12.3. The Morgan fingerprint density at radius 2 is 1.86 bits per heavy atom.